The minimum atomic E-state index is -4.45. The lowest BCUT2D eigenvalue weighted by atomic mass is 9.80. The molecule has 1 heterocycles. The van der Waals surface area contributed by atoms with E-state index < -0.39 is 11.7 Å². The molecule has 1 saturated carbocycles. The summed E-state index contributed by atoms with van der Waals surface area (Å²) in [5, 5.41) is 0.876. The van der Waals surface area contributed by atoms with Gasteiger partial charge in [-0.15, -0.1) is 0 Å². The third-order valence-corrected chi connectivity index (χ3v) is 7.14. The molecular weight excluding hydrogens is 399 g/mol. The molecule has 4 rings (SSSR count). The van der Waals surface area contributed by atoms with E-state index >= 15 is 0 Å². The second-order valence-corrected chi connectivity index (χ2v) is 9.73. The van der Waals surface area contributed by atoms with Crippen molar-refractivity contribution in [1.82, 2.24) is 4.90 Å². The number of nitrogens with zero attached hydrogens (tertiary/aromatic N) is 1. The van der Waals surface area contributed by atoms with Crippen molar-refractivity contribution in [3.8, 4) is 5.75 Å². The molecule has 2 fully saturated rings. The molecule has 2 aliphatic rings. The van der Waals surface area contributed by atoms with Crippen LogP contribution in [0.2, 0.25) is 0 Å². The number of likely N-dealkylation sites (tertiary alicyclic amines) is 1. The summed E-state index contributed by atoms with van der Waals surface area (Å²) in [5.41, 5.74) is 0.325. The highest BCUT2D eigenvalue weighted by Gasteiger charge is 2.37. The largest absolute Gasteiger partial charge is 0.490 e. The molecule has 0 spiro atoms. The number of piperidine rings is 1. The van der Waals surface area contributed by atoms with Crippen molar-refractivity contribution in [1.29, 1.82) is 0 Å². The lowest BCUT2D eigenvalue weighted by Gasteiger charge is -2.32. The van der Waals surface area contributed by atoms with E-state index in [0.717, 1.165) is 44.3 Å². The molecule has 1 saturated heterocycles. The number of fused-ring (bicyclic) bond motifs is 1. The van der Waals surface area contributed by atoms with Gasteiger partial charge in [0.25, 0.3) is 0 Å². The van der Waals surface area contributed by atoms with Gasteiger partial charge >= 0.3 is 6.18 Å². The number of ether oxygens (including phenoxy) is 1. The highest BCUT2D eigenvalue weighted by atomic mass is 19.4. The number of alkyl halides is 3. The first-order valence-electron chi connectivity index (χ1n) is 11.8. The quantitative estimate of drug-likeness (QED) is 0.486. The van der Waals surface area contributed by atoms with Gasteiger partial charge in [-0.1, -0.05) is 38.5 Å². The molecular formula is C26H34F3NO. The van der Waals surface area contributed by atoms with Crippen LogP contribution in [-0.2, 0) is 12.7 Å². The van der Waals surface area contributed by atoms with Crippen LogP contribution in [0.4, 0.5) is 13.2 Å². The average Bonchev–Trinajstić information content (AvgIpc) is 2.73. The summed E-state index contributed by atoms with van der Waals surface area (Å²) in [6.45, 7) is 7.19. The Bertz CT molecular complexity index is 878. The normalized spacial score (nSPS) is 23.4. The van der Waals surface area contributed by atoms with Crippen LogP contribution in [0.3, 0.4) is 0 Å². The van der Waals surface area contributed by atoms with Gasteiger partial charge in [0.1, 0.15) is 11.3 Å². The van der Waals surface area contributed by atoms with Gasteiger partial charge in [-0.2, -0.15) is 13.2 Å². The molecule has 0 radical (unpaired) electrons. The van der Waals surface area contributed by atoms with E-state index in [1.807, 2.05) is 12.1 Å². The van der Waals surface area contributed by atoms with E-state index in [9.17, 15) is 13.2 Å². The number of rotatable bonds is 5. The lowest BCUT2D eigenvalue weighted by Crippen LogP contribution is -2.29. The molecule has 0 aromatic heterocycles. The van der Waals surface area contributed by atoms with Gasteiger partial charge in [-0.25, -0.2) is 0 Å². The summed E-state index contributed by atoms with van der Waals surface area (Å²) in [6.07, 6.45) is 2.69. The van der Waals surface area contributed by atoms with Crippen LogP contribution < -0.4 is 4.74 Å². The van der Waals surface area contributed by atoms with Crippen molar-refractivity contribution in [3.05, 3.63) is 41.5 Å². The number of benzene rings is 2. The number of hydrogen-bond donors (Lipinski definition) is 0. The second kappa shape index (κ2) is 9.40. The van der Waals surface area contributed by atoms with E-state index in [1.54, 1.807) is 12.1 Å². The zero-order valence-electron chi connectivity index (χ0n) is 18.7. The smallest absolute Gasteiger partial charge is 0.420 e. The molecule has 170 valence electrons. The molecule has 1 aliphatic heterocycles. The Balaban J connectivity index is 1.60. The van der Waals surface area contributed by atoms with Crippen molar-refractivity contribution in [2.24, 2.45) is 11.8 Å². The summed E-state index contributed by atoms with van der Waals surface area (Å²) in [6, 6.07) is 8.80. The fourth-order valence-electron chi connectivity index (χ4n) is 5.26. The van der Waals surface area contributed by atoms with Crippen LogP contribution in [0.1, 0.15) is 69.9 Å². The Hall–Kier alpha value is -1.75. The molecule has 31 heavy (non-hydrogen) atoms. The third kappa shape index (κ3) is 5.36. The summed E-state index contributed by atoms with van der Waals surface area (Å²) >= 11 is 0. The van der Waals surface area contributed by atoms with Crippen LogP contribution in [0.25, 0.3) is 10.8 Å². The van der Waals surface area contributed by atoms with Crippen LogP contribution in [-0.4, -0.2) is 24.1 Å². The predicted molar refractivity (Wildman–Crippen MR) is 119 cm³/mol. The van der Waals surface area contributed by atoms with Gasteiger partial charge in [0.2, 0.25) is 0 Å². The van der Waals surface area contributed by atoms with Crippen LogP contribution >= 0.6 is 0 Å². The molecule has 0 bridgehead atoms. The first-order valence-corrected chi connectivity index (χ1v) is 11.8. The average molecular weight is 434 g/mol. The summed E-state index contributed by atoms with van der Waals surface area (Å²) in [4.78, 5) is 2.34. The molecule has 5 heteroatoms. The monoisotopic (exact) mass is 433 g/mol. The third-order valence-electron chi connectivity index (χ3n) is 7.14. The molecule has 2 aromatic rings. The molecule has 0 N–H and O–H groups in total. The topological polar surface area (TPSA) is 12.5 Å². The molecule has 2 nitrogen and oxygen atoms in total. The Labute approximate surface area is 183 Å². The minimum absolute atomic E-state index is 0.0110. The van der Waals surface area contributed by atoms with Gasteiger partial charge in [0, 0.05) is 6.54 Å². The molecule has 2 aromatic carbocycles. The Morgan fingerprint density at radius 3 is 2.29 bits per heavy atom. The molecule has 0 amide bonds. The highest BCUT2D eigenvalue weighted by molar-refractivity contribution is 5.89. The SMILES string of the molecule is CC(C)C1CCC(Oc2ccc3ccc(CN4CCCCC4)cc3c2C(F)(F)F)CC1. The standard InChI is InChI=1S/C26H34F3NO/c1-18(2)20-8-11-22(12-9-20)31-24-13-10-21-7-6-19(17-30-14-4-3-5-15-30)16-23(21)25(24)26(27,28)29/h6-7,10,13,16,18,20,22H,3-5,8-9,11-12,14-15,17H2,1-2H3. The summed E-state index contributed by atoms with van der Waals surface area (Å²) < 4.78 is 48.6. The Morgan fingerprint density at radius 1 is 0.968 bits per heavy atom. The Morgan fingerprint density at radius 2 is 1.65 bits per heavy atom. The van der Waals surface area contributed by atoms with Crippen molar-refractivity contribution >= 4 is 10.8 Å². The number of hydrogen-bond acceptors (Lipinski definition) is 2. The van der Waals surface area contributed by atoms with Crippen molar-refractivity contribution in [2.75, 3.05) is 13.1 Å². The minimum Gasteiger partial charge on any atom is -0.490 e. The van der Waals surface area contributed by atoms with Gasteiger partial charge in [-0.05, 0) is 91.9 Å². The van der Waals surface area contributed by atoms with Crippen LogP contribution in [0.15, 0.2) is 30.3 Å². The number of halogens is 3. The van der Waals surface area contributed by atoms with Crippen molar-refractivity contribution < 1.29 is 17.9 Å². The van der Waals surface area contributed by atoms with Gasteiger partial charge in [-0.3, -0.25) is 4.90 Å². The van der Waals surface area contributed by atoms with Crippen LogP contribution in [0, 0.1) is 11.8 Å². The first kappa shape index (κ1) is 22.4. The second-order valence-electron chi connectivity index (χ2n) is 9.73. The van der Waals surface area contributed by atoms with E-state index in [2.05, 4.69) is 18.7 Å². The maximum absolute atomic E-state index is 14.2. The fraction of sp³-hybridized carbons (Fsp3) is 0.615. The lowest BCUT2D eigenvalue weighted by molar-refractivity contribution is -0.138. The van der Waals surface area contributed by atoms with Gasteiger partial charge in [0.05, 0.1) is 6.10 Å². The van der Waals surface area contributed by atoms with Crippen molar-refractivity contribution in [3.63, 3.8) is 0 Å². The zero-order valence-corrected chi connectivity index (χ0v) is 18.7. The van der Waals surface area contributed by atoms with Crippen LogP contribution in [0.5, 0.6) is 5.75 Å². The van der Waals surface area contributed by atoms with E-state index in [-0.39, 0.29) is 17.2 Å². The zero-order chi connectivity index (χ0) is 22.0. The summed E-state index contributed by atoms with van der Waals surface area (Å²) in [7, 11) is 0. The van der Waals surface area contributed by atoms with E-state index in [4.69, 9.17) is 4.74 Å². The fourth-order valence-corrected chi connectivity index (χ4v) is 5.26. The van der Waals surface area contributed by atoms with Gasteiger partial charge in [0.15, 0.2) is 0 Å². The van der Waals surface area contributed by atoms with Crippen molar-refractivity contribution in [2.45, 2.75) is 77.6 Å². The summed E-state index contributed by atoms with van der Waals surface area (Å²) in [5.74, 6) is 1.25. The maximum Gasteiger partial charge on any atom is 0.420 e. The van der Waals surface area contributed by atoms with E-state index in [0.29, 0.717) is 23.8 Å². The predicted octanol–water partition coefficient (Wildman–Crippen LogP) is 7.44. The maximum atomic E-state index is 14.2. The molecule has 0 unspecified atom stereocenters. The first-order chi connectivity index (χ1) is 14.8. The Kier molecular flexibility index (Phi) is 6.80. The molecule has 0 atom stereocenters. The molecule has 1 aliphatic carbocycles. The van der Waals surface area contributed by atoms with E-state index in [1.165, 1.54) is 25.3 Å². The van der Waals surface area contributed by atoms with Gasteiger partial charge < -0.3 is 4.74 Å². The highest BCUT2D eigenvalue weighted by Crippen LogP contribution is 2.43.